The van der Waals surface area contributed by atoms with E-state index in [1.54, 1.807) is 7.11 Å². The second kappa shape index (κ2) is 5.98. The summed E-state index contributed by atoms with van der Waals surface area (Å²) in [6.45, 7) is 11.4. The smallest absolute Gasteiger partial charge is 0.123 e. The Hall–Kier alpha value is -1.06. The Morgan fingerprint density at radius 3 is 2.29 bits per heavy atom. The summed E-state index contributed by atoms with van der Waals surface area (Å²) in [5.41, 5.74) is 1.56. The maximum absolute atomic E-state index is 5.49. The van der Waals surface area contributed by atoms with E-state index >= 15 is 0 Å². The van der Waals surface area contributed by atoms with E-state index in [-0.39, 0.29) is 17.1 Å². The number of hydrogen-bond acceptors (Lipinski definition) is 3. The van der Waals surface area contributed by atoms with Gasteiger partial charge in [-0.2, -0.15) is 0 Å². The first-order chi connectivity index (χ1) is 9.72. The summed E-state index contributed by atoms with van der Waals surface area (Å²) in [5.74, 6) is 0.963. The molecule has 1 heterocycles. The van der Waals surface area contributed by atoms with Crippen LogP contribution in [0.3, 0.4) is 0 Å². The third-order valence-corrected chi connectivity index (χ3v) is 4.28. The first-order valence-electron chi connectivity index (χ1n) is 7.91. The zero-order valence-electron chi connectivity index (χ0n) is 14.3. The van der Waals surface area contributed by atoms with Crippen LogP contribution in [0.2, 0.25) is 0 Å². The number of benzene rings is 1. The predicted octanol–water partition coefficient (Wildman–Crippen LogP) is 3.66. The van der Waals surface area contributed by atoms with Crippen LogP contribution in [0, 0.1) is 0 Å². The quantitative estimate of drug-likeness (QED) is 0.888. The van der Waals surface area contributed by atoms with E-state index in [4.69, 9.17) is 4.74 Å². The second-order valence-corrected chi connectivity index (χ2v) is 7.63. The normalized spacial score (nSPS) is 22.8. The molecular weight excluding hydrogens is 260 g/mol. The molecule has 0 spiro atoms. The zero-order chi connectivity index (χ0) is 15.7. The summed E-state index contributed by atoms with van der Waals surface area (Å²) in [6.07, 6.45) is 2.27. The van der Waals surface area contributed by atoms with Gasteiger partial charge in [0.1, 0.15) is 5.75 Å². The minimum Gasteiger partial charge on any atom is -0.496 e. The average molecular weight is 290 g/mol. The lowest BCUT2D eigenvalue weighted by Gasteiger charge is -2.47. The molecule has 3 heteroatoms. The maximum atomic E-state index is 5.49. The molecule has 0 radical (unpaired) electrons. The van der Waals surface area contributed by atoms with Gasteiger partial charge in [0.05, 0.1) is 7.11 Å². The van der Waals surface area contributed by atoms with E-state index in [1.165, 1.54) is 5.56 Å². The Morgan fingerprint density at radius 1 is 1.14 bits per heavy atom. The molecule has 1 fully saturated rings. The number of para-hydroxylation sites is 1. The molecule has 1 aromatic carbocycles. The van der Waals surface area contributed by atoms with Gasteiger partial charge in [-0.25, -0.2) is 0 Å². The largest absolute Gasteiger partial charge is 0.496 e. The highest BCUT2D eigenvalue weighted by molar-refractivity contribution is 5.35. The lowest BCUT2D eigenvalue weighted by molar-refractivity contribution is 0.140. The molecule has 3 nitrogen and oxygen atoms in total. The molecule has 1 aromatic rings. The Bertz CT molecular complexity index is 466. The van der Waals surface area contributed by atoms with E-state index in [9.17, 15) is 0 Å². The van der Waals surface area contributed by atoms with Gasteiger partial charge in [0.15, 0.2) is 0 Å². The highest BCUT2D eigenvalue weighted by Crippen LogP contribution is 2.31. The first-order valence-corrected chi connectivity index (χ1v) is 7.91. The lowest BCUT2D eigenvalue weighted by Crippen LogP contribution is -2.61. The van der Waals surface area contributed by atoms with Gasteiger partial charge in [-0.1, -0.05) is 18.2 Å². The molecule has 0 aliphatic carbocycles. The molecule has 21 heavy (non-hydrogen) atoms. The van der Waals surface area contributed by atoms with Gasteiger partial charge < -0.3 is 15.4 Å². The highest BCUT2D eigenvalue weighted by atomic mass is 16.5. The van der Waals surface area contributed by atoms with Crippen LogP contribution < -0.4 is 15.4 Å². The van der Waals surface area contributed by atoms with Crippen LogP contribution in [0.15, 0.2) is 24.3 Å². The highest BCUT2D eigenvalue weighted by Gasteiger charge is 2.38. The van der Waals surface area contributed by atoms with E-state index in [0.717, 1.165) is 18.6 Å². The van der Waals surface area contributed by atoms with E-state index in [0.29, 0.717) is 6.04 Å². The number of hydrogen-bond donors (Lipinski definition) is 2. The molecular formula is C18H30N2O. The Morgan fingerprint density at radius 2 is 1.71 bits per heavy atom. The van der Waals surface area contributed by atoms with Crippen molar-refractivity contribution in [3.8, 4) is 5.75 Å². The van der Waals surface area contributed by atoms with Crippen molar-refractivity contribution in [3.05, 3.63) is 29.8 Å². The fourth-order valence-corrected chi connectivity index (χ4v) is 3.91. The maximum Gasteiger partial charge on any atom is 0.123 e. The van der Waals surface area contributed by atoms with Gasteiger partial charge in [-0.15, -0.1) is 0 Å². The van der Waals surface area contributed by atoms with Crippen LogP contribution in [-0.2, 0) is 0 Å². The molecule has 2 rings (SSSR count). The minimum absolute atomic E-state index is 0.167. The molecule has 1 atom stereocenters. The third kappa shape index (κ3) is 4.21. The van der Waals surface area contributed by atoms with Crippen LogP contribution in [0.1, 0.15) is 59.1 Å². The minimum atomic E-state index is 0.167. The number of piperidine rings is 1. The fraction of sp³-hybridized carbons (Fsp3) is 0.667. The summed E-state index contributed by atoms with van der Waals surface area (Å²) in [5, 5.41) is 7.53. The lowest BCUT2D eigenvalue weighted by atomic mass is 9.79. The van der Waals surface area contributed by atoms with Crippen LogP contribution in [-0.4, -0.2) is 24.2 Å². The molecule has 1 unspecified atom stereocenters. The van der Waals surface area contributed by atoms with Crippen molar-refractivity contribution in [2.45, 2.75) is 70.6 Å². The van der Waals surface area contributed by atoms with Crippen molar-refractivity contribution in [2.75, 3.05) is 7.11 Å². The molecule has 1 aliphatic heterocycles. The molecule has 2 N–H and O–H groups in total. The van der Waals surface area contributed by atoms with Gasteiger partial charge in [-0.3, -0.25) is 0 Å². The van der Waals surface area contributed by atoms with Crippen LogP contribution in [0.25, 0.3) is 0 Å². The van der Waals surface area contributed by atoms with Crippen molar-refractivity contribution in [3.63, 3.8) is 0 Å². The Kier molecular flexibility index (Phi) is 4.64. The van der Waals surface area contributed by atoms with Crippen molar-refractivity contribution < 1.29 is 4.74 Å². The summed E-state index contributed by atoms with van der Waals surface area (Å²) < 4.78 is 5.49. The van der Waals surface area contributed by atoms with Crippen molar-refractivity contribution >= 4 is 0 Å². The van der Waals surface area contributed by atoms with Gasteiger partial charge in [0, 0.05) is 28.7 Å². The molecule has 0 aromatic heterocycles. The standard InChI is InChI=1S/C18H30N2O/c1-13(15-9-7-8-10-16(15)21-6)19-14-11-17(2,3)20-18(4,5)12-14/h7-10,13-14,19-20H,11-12H2,1-6H3. The number of ether oxygens (including phenoxy) is 1. The molecule has 118 valence electrons. The fourth-order valence-electron chi connectivity index (χ4n) is 3.91. The summed E-state index contributed by atoms with van der Waals surface area (Å²) >= 11 is 0. The number of nitrogens with one attached hydrogen (secondary N) is 2. The second-order valence-electron chi connectivity index (χ2n) is 7.63. The Labute approximate surface area is 129 Å². The van der Waals surface area contributed by atoms with Gasteiger partial charge in [-0.05, 0) is 53.5 Å². The summed E-state index contributed by atoms with van der Waals surface area (Å²) in [7, 11) is 1.74. The average Bonchev–Trinajstić information content (AvgIpc) is 2.34. The molecule has 0 saturated carbocycles. The predicted molar refractivity (Wildman–Crippen MR) is 88.9 cm³/mol. The number of methoxy groups -OCH3 is 1. The molecule has 1 saturated heterocycles. The molecule has 0 bridgehead atoms. The Balaban J connectivity index is 2.10. The van der Waals surface area contributed by atoms with Gasteiger partial charge >= 0.3 is 0 Å². The van der Waals surface area contributed by atoms with E-state index in [2.05, 4.69) is 57.4 Å². The van der Waals surface area contributed by atoms with Gasteiger partial charge in [0.25, 0.3) is 0 Å². The topological polar surface area (TPSA) is 33.3 Å². The van der Waals surface area contributed by atoms with Crippen LogP contribution in [0.5, 0.6) is 5.75 Å². The third-order valence-electron chi connectivity index (χ3n) is 4.28. The van der Waals surface area contributed by atoms with Crippen molar-refractivity contribution in [1.82, 2.24) is 10.6 Å². The van der Waals surface area contributed by atoms with Crippen molar-refractivity contribution in [1.29, 1.82) is 0 Å². The zero-order valence-corrected chi connectivity index (χ0v) is 14.3. The monoisotopic (exact) mass is 290 g/mol. The van der Waals surface area contributed by atoms with E-state index in [1.807, 2.05) is 12.1 Å². The SMILES string of the molecule is COc1ccccc1C(C)NC1CC(C)(C)NC(C)(C)C1. The van der Waals surface area contributed by atoms with Gasteiger partial charge in [0.2, 0.25) is 0 Å². The number of rotatable bonds is 4. The first kappa shape index (κ1) is 16.3. The molecule has 1 aliphatic rings. The van der Waals surface area contributed by atoms with E-state index < -0.39 is 0 Å². The van der Waals surface area contributed by atoms with Crippen LogP contribution >= 0.6 is 0 Å². The summed E-state index contributed by atoms with van der Waals surface area (Å²) in [4.78, 5) is 0. The summed E-state index contributed by atoms with van der Waals surface area (Å²) in [6, 6.07) is 9.07. The molecule has 0 amide bonds. The van der Waals surface area contributed by atoms with Crippen LogP contribution in [0.4, 0.5) is 0 Å². The van der Waals surface area contributed by atoms with Crippen molar-refractivity contribution in [2.24, 2.45) is 0 Å².